The summed E-state index contributed by atoms with van der Waals surface area (Å²) >= 11 is 0. The number of carbonyl (C=O) groups excluding carboxylic acids is 1. The number of pyridine rings is 1. The average molecular weight is 414 g/mol. The van der Waals surface area contributed by atoms with Crippen LogP contribution in [0, 0.1) is 6.92 Å². The molecule has 0 aliphatic rings. The Labute approximate surface area is 169 Å². The van der Waals surface area contributed by atoms with Crippen molar-refractivity contribution in [3.63, 3.8) is 0 Å². The Morgan fingerprint density at radius 3 is 2.33 bits per heavy atom. The SMILES string of the molecule is CN=C(c1ccc(C(=O)Nc2cc(C(F)(F)F)ccn2)cc1)c1c(C)ncnc1N. The summed E-state index contributed by atoms with van der Waals surface area (Å²) in [6.07, 6.45) is -2.18. The summed E-state index contributed by atoms with van der Waals surface area (Å²) in [5.74, 6) is -0.512. The molecule has 10 heteroatoms. The van der Waals surface area contributed by atoms with E-state index in [2.05, 4.69) is 25.3 Å². The van der Waals surface area contributed by atoms with E-state index in [1.165, 1.54) is 18.5 Å². The van der Waals surface area contributed by atoms with Crippen molar-refractivity contribution in [2.75, 3.05) is 18.1 Å². The zero-order chi connectivity index (χ0) is 21.9. The lowest BCUT2D eigenvalue weighted by atomic mass is 10.00. The molecule has 7 nitrogen and oxygen atoms in total. The lowest BCUT2D eigenvalue weighted by Crippen LogP contribution is -2.15. The molecule has 0 spiro atoms. The average Bonchev–Trinajstić information content (AvgIpc) is 2.70. The number of amides is 1. The van der Waals surface area contributed by atoms with Gasteiger partial charge in [-0.1, -0.05) is 12.1 Å². The number of hydrogen-bond donors (Lipinski definition) is 2. The van der Waals surface area contributed by atoms with Crippen LogP contribution in [0.25, 0.3) is 0 Å². The van der Waals surface area contributed by atoms with Crippen LogP contribution in [-0.2, 0) is 6.18 Å². The minimum Gasteiger partial charge on any atom is -0.383 e. The van der Waals surface area contributed by atoms with Crippen molar-refractivity contribution in [2.24, 2.45) is 4.99 Å². The van der Waals surface area contributed by atoms with Gasteiger partial charge in [0.2, 0.25) is 0 Å². The van der Waals surface area contributed by atoms with Crippen molar-refractivity contribution in [3.8, 4) is 0 Å². The second-order valence-corrected chi connectivity index (χ2v) is 6.25. The quantitative estimate of drug-likeness (QED) is 0.636. The van der Waals surface area contributed by atoms with Gasteiger partial charge in [-0.25, -0.2) is 15.0 Å². The number of hydrogen-bond acceptors (Lipinski definition) is 6. The van der Waals surface area contributed by atoms with Gasteiger partial charge in [-0.2, -0.15) is 13.2 Å². The number of carbonyl (C=O) groups is 1. The molecule has 0 bridgehead atoms. The van der Waals surface area contributed by atoms with E-state index in [-0.39, 0.29) is 17.2 Å². The Bertz CT molecular complexity index is 1090. The number of nitrogens with one attached hydrogen (secondary N) is 1. The van der Waals surface area contributed by atoms with Crippen LogP contribution in [0.3, 0.4) is 0 Å². The number of rotatable bonds is 4. The van der Waals surface area contributed by atoms with Crippen LogP contribution < -0.4 is 11.1 Å². The fraction of sp³-hybridized carbons (Fsp3) is 0.150. The maximum atomic E-state index is 12.8. The van der Waals surface area contributed by atoms with Crippen LogP contribution in [0.5, 0.6) is 0 Å². The minimum absolute atomic E-state index is 0.195. The van der Waals surface area contributed by atoms with E-state index in [1.54, 1.807) is 26.1 Å². The van der Waals surface area contributed by atoms with Gasteiger partial charge in [0.05, 0.1) is 22.5 Å². The zero-order valence-electron chi connectivity index (χ0n) is 16.0. The molecule has 154 valence electrons. The highest BCUT2D eigenvalue weighted by Crippen LogP contribution is 2.30. The van der Waals surface area contributed by atoms with Crippen molar-refractivity contribution in [1.82, 2.24) is 15.0 Å². The fourth-order valence-electron chi connectivity index (χ4n) is 2.81. The van der Waals surface area contributed by atoms with Crippen LogP contribution in [0.15, 0.2) is 53.9 Å². The number of nitrogens with two attached hydrogens (primary N) is 1. The highest BCUT2D eigenvalue weighted by molar-refractivity contribution is 6.16. The Morgan fingerprint density at radius 2 is 1.73 bits per heavy atom. The number of nitrogen functional groups attached to an aromatic ring is 1. The number of nitrogens with zero attached hydrogens (tertiary/aromatic N) is 4. The topological polar surface area (TPSA) is 106 Å². The van der Waals surface area contributed by atoms with E-state index in [4.69, 9.17) is 5.73 Å². The van der Waals surface area contributed by atoms with Gasteiger partial charge in [-0.3, -0.25) is 9.79 Å². The van der Waals surface area contributed by atoms with Gasteiger partial charge >= 0.3 is 6.18 Å². The number of aromatic nitrogens is 3. The Hall–Kier alpha value is -3.82. The van der Waals surface area contributed by atoms with E-state index in [1.807, 2.05) is 0 Å². The monoisotopic (exact) mass is 414 g/mol. The van der Waals surface area contributed by atoms with Crippen molar-refractivity contribution in [3.05, 3.63) is 76.9 Å². The van der Waals surface area contributed by atoms with Crippen molar-refractivity contribution in [2.45, 2.75) is 13.1 Å². The van der Waals surface area contributed by atoms with Gasteiger partial charge in [0.1, 0.15) is 18.0 Å². The number of halogens is 3. The largest absolute Gasteiger partial charge is 0.416 e. The predicted molar refractivity (Wildman–Crippen MR) is 106 cm³/mol. The molecule has 2 heterocycles. The molecule has 0 aliphatic carbocycles. The molecular weight excluding hydrogens is 397 g/mol. The first-order chi connectivity index (χ1) is 14.2. The number of anilines is 2. The van der Waals surface area contributed by atoms with Crippen LogP contribution in [0.4, 0.5) is 24.8 Å². The van der Waals surface area contributed by atoms with E-state index in [0.29, 0.717) is 22.5 Å². The second-order valence-electron chi connectivity index (χ2n) is 6.25. The van der Waals surface area contributed by atoms with Crippen LogP contribution in [-0.4, -0.2) is 33.6 Å². The minimum atomic E-state index is -4.53. The van der Waals surface area contributed by atoms with Gasteiger partial charge in [0.15, 0.2) is 0 Å². The van der Waals surface area contributed by atoms with Crippen LogP contribution >= 0.6 is 0 Å². The lowest BCUT2D eigenvalue weighted by Gasteiger charge is -2.12. The van der Waals surface area contributed by atoms with Gasteiger partial charge in [0, 0.05) is 24.4 Å². The molecule has 2 aromatic heterocycles. The van der Waals surface area contributed by atoms with E-state index in [0.717, 1.165) is 18.3 Å². The maximum Gasteiger partial charge on any atom is 0.416 e. The normalized spacial score (nSPS) is 12.0. The molecule has 0 fully saturated rings. The third-order valence-electron chi connectivity index (χ3n) is 4.28. The highest BCUT2D eigenvalue weighted by atomic mass is 19.4. The molecular formula is C20H17F3N6O. The predicted octanol–water partition coefficient (Wildman–Crippen LogP) is 3.50. The molecule has 0 radical (unpaired) electrons. The zero-order valence-corrected chi connectivity index (χ0v) is 16.0. The molecule has 0 atom stereocenters. The molecule has 0 aliphatic heterocycles. The van der Waals surface area contributed by atoms with E-state index >= 15 is 0 Å². The number of alkyl halides is 3. The van der Waals surface area contributed by atoms with Crippen LogP contribution in [0.1, 0.15) is 32.7 Å². The van der Waals surface area contributed by atoms with Gasteiger partial charge in [0.25, 0.3) is 5.91 Å². The smallest absolute Gasteiger partial charge is 0.383 e. The molecule has 1 amide bonds. The van der Waals surface area contributed by atoms with Crippen molar-refractivity contribution in [1.29, 1.82) is 0 Å². The summed E-state index contributed by atoms with van der Waals surface area (Å²) in [6, 6.07) is 7.97. The summed E-state index contributed by atoms with van der Waals surface area (Å²) in [6.45, 7) is 1.78. The molecule has 3 rings (SSSR count). The summed E-state index contributed by atoms with van der Waals surface area (Å²) in [5.41, 5.74) is 7.77. The molecule has 0 unspecified atom stereocenters. The summed E-state index contributed by atoms with van der Waals surface area (Å²) in [5, 5.41) is 2.36. The molecule has 1 aromatic carbocycles. The molecule has 3 N–H and O–H groups in total. The Morgan fingerprint density at radius 1 is 1.07 bits per heavy atom. The molecule has 3 aromatic rings. The van der Waals surface area contributed by atoms with Gasteiger partial charge in [-0.05, 0) is 31.2 Å². The first kappa shape index (κ1) is 20.9. The van der Waals surface area contributed by atoms with Crippen molar-refractivity contribution < 1.29 is 18.0 Å². The molecule has 0 saturated heterocycles. The fourth-order valence-corrected chi connectivity index (χ4v) is 2.81. The maximum absolute atomic E-state index is 12.8. The Balaban J connectivity index is 1.83. The standard InChI is InChI=1S/C20H17F3N6O/c1-11-16(18(24)28-10-27-11)17(25-2)12-3-5-13(6-4-12)19(30)29-15-9-14(7-8-26-15)20(21,22)23/h3-10H,1-2H3,(H2,24,27,28)(H,26,29,30). The lowest BCUT2D eigenvalue weighted by molar-refractivity contribution is -0.137. The first-order valence-corrected chi connectivity index (χ1v) is 8.70. The summed E-state index contributed by atoms with van der Waals surface area (Å²) in [7, 11) is 1.60. The molecule has 30 heavy (non-hydrogen) atoms. The van der Waals surface area contributed by atoms with Gasteiger partial charge in [-0.15, -0.1) is 0 Å². The summed E-state index contributed by atoms with van der Waals surface area (Å²) in [4.78, 5) is 28.5. The highest BCUT2D eigenvalue weighted by Gasteiger charge is 2.30. The third kappa shape index (κ3) is 4.43. The third-order valence-corrected chi connectivity index (χ3v) is 4.28. The number of benzene rings is 1. The van der Waals surface area contributed by atoms with Crippen LogP contribution in [0.2, 0.25) is 0 Å². The Kier molecular flexibility index (Phi) is 5.77. The van der Waals surface area contributed by atoms with Gasteiger partial charge < -0.3 is 11.1 Å². The summed E-state index contributed by atoms with van der Waals surface area (Å²) < 4.78 is 38.4. The van der Waals surface area contributed by atoms with Crippen molar-refractivity contribution >= 4 is 23.3 Å². The first-order valence-electron chi connectivity index (χ1n) is 8.70. The second kappa shape index (κ2) is 8.27. The number of aryl methyl sites for hydroxylation is 1. The molecule has 0 saturated carbocycles. The number of aliphatic imine (C=N–C) groups is 1. The van der Waals surface area contributed by atoms with E-state index < -0.39 is 17.6 Å². The van der Waals surface area contributed by atoms with E-state index in [9.17, 15) is 18.0 Å².